The molecule has 3 rings (SSSR count). The highest BCUT2D eigenvalue weighted by Crippen LogP contribution is 2.35. The second-order valence-corrected chi connectivity index (χ2v) is 6.19. The highest BCUT2D eigenvalue weighted by molar-refractivity contribution is 6.14. The monoisotopic (exact) mass is 365 g/mol. The summed E-state index contributed by atoms with van der Waals surface area (Å²) in [6.45, 7) is 7.85. The van der Waals surface area contributed by atoms with Gasteiger partial charge in [0, 0.05) is 31.3 Å². The molecule has 5 nitrogen and oxygen atoms in total. The summed E-state index contributed by atoms with van der Waals surface area (Å²) < 4.78 is 10.9. The van der Waals surface area contributed by atoms with Crippen molar-refractivity contribution in [3.8, 4) is 11.5 Å². The second kappa shape index (κ2) is 8.08. The minimum atomic E-state index is -0.330. The minimum Gasteiger partial charge on any atom is -0.452 e. The van der Waals surface area contributed by atoms with Crippen LogP contribution in [0.3, 0.4) is 0 Å². The van der Waals surface area contributed by atoms with Crippen LogP contribution in [0.4, 0.5) is 5.69 Å². The van der Waals surface area contributed by atoms with E-state index >= 15 is 0 Å². The highest BCUT2D eigenvalue weighted by Gasteiger charge is 2.28. The van der Waals surface area contributed by atoms with Gasteiger partial charge in [0.15, 0.2) is 5.76 Å². The summed E-state index contributed by atoms with van der Waals surface area (Å²) in [7, 11) is 0. The van der Waals surface area contributed by atoms with Crippen molar-refractivity contribution in [1.29, 1.82) is 0 Å². The molecular formula is C22H23NO4. The van der Waals surface area contributed by atoms with Crippen LogP contribution in [0.1, 0.15) is 43.1 Å². The molecule has 27 heavy (non-hydrogen) atoms. The molecule has 1 aliphatic rings. The molecule has 2 aromatic rings. The van der Waals surface area contributed by atoms with E-state index in [1.807, 2.05) is 24.3 Å². The van der Waals surface area contributed by atoms with E-state index in [4.69, 9.17) is 9.47 Å². The number of ether oxygens (including phenoxy) is 2. The van der Waals surface area contributed by atoms with Crippen molar-refractivity contribution >= 4 is 23.5 Å². The summed E-state index contributed by atoms with van der Waals surface area (Å²) in [4.78, 5) is 26.2. The van der Waals surface area contributed by atoms with Gasteiger partial charge in [-0.25, -0.2) is 0 Å². The summed E-state index contributed by atoms with van der Waals surface area (Å²) in [6, 6.07) is 12.8. The standard InChI is InChI=1S/C22H23NO4/c1-4-21(24)26-17-11-12-18-19(14-17)27-20(22(18)25)13-15-7-9-16(10-8-15)23(5-2)6-3/h7-14H,4-6H2,1-3H3/b20-13-. The first-order valence-electron chi connectivity index (χ1n) is 9.19. The number of anilines is 1. The maximum absolute atomic E-state index is 12.5. The number of benzene rings is 2. The maximum atomic E-state index is 12.5. The van der Waals surface area contributed by atoms with Crippen molar-refractivity contribution < 1.29 is 19.1 Å². The van der Waals surface area contributed by atoms with Gasteiger partial charge >= 0.3 is 5.97 Å². The topological polar surface area (TPSA) is 55.8 Å². The van der Waals surface area contributed by atoms with Gasteiger partial charge in [-0.05, 0) is 49.8 Å². The number of hydrogen-bond donors (Lipinski definition) is 0. The van der Waals surface area contributed by atoms with E-state index in [-0.39, 0.29) is 23.9 Å². The summed E-state index contributed by atoms with van der Waals surface area (Å²) >= 11 is 0. The van der Waals surface area contributed by atoms with Gasteiger partial charge in [-0.2, -0.15) is 0 Å². The largest absolute Gasteiger partial charge is 0.452 e. The molecular weight excluding hydrogens is 342 g/mol. The lowest BCUT2D eigenvalue weighted by molar-refractivity contribution is -0.134. The van der Waals surface area contributed by atoms with Gasteiger partial charge in [0.25, 0.3) is 0 Å². The number of hydrogen-bond acceptors (Lipinski definition) is 5. The average molecular weight is 365 g/mol. The molecule has 0 fully saturated rings. The lowest BCUT2D eigenvalue weighted by atomic mass is 10.1. The van der Waals surface area contributed by atoms with Gasteiger partial charge < -0.3 is 14.4 Å². The third kappa shape index (κ3) is 4.03. The Morgan fingerprint density at radius 3 is 2.41 bits per heavy atom. The molecule has 0 radical (unpaired) electrons. The number of fused-ring (bicyclic) bond motifs is 1. The highest BCUT2D eigenvalue weighted by atomic mass is 16.5. The molecule has 0 unspecified atom stereocenters. The molecule has 0 amide bonds. The van der Waals surface area contributed by atoms with Gasteiger partial charge in [0.05, 0.1) is 5.56 Å². The summed E-state index contributed by atoms with van der Waals surface area (Å²) in [6.07, 6.45) is 2.01. The number of Topliss-reactive ketones (excluding diaryl/α,β-unsaturated/α-hetero) is 1. The smallest absolute Gasteiger partial charge is 0.310 e. The molecule has 1 aliphatic heterocycles. The molecule has 0 saturated heterocycles. The predicted molar refractivity (Wildman–Crippen MR) is 105 cm³/mol. The Kier molecular flexibility index (Phi) is 5.60. The Hall–Kier alpha value is -3.08. The van der Waals surface area contributed by atoms with Gasteiger partial charge in [-0.1, -0.05) is 19.1 Å². The first-order valence-corrected chi connectivity index (χ1v) is 9.19. The van der Waals surface area contributed by atoms with Crippen LogP contribution >= 0.6 is 0 Å². The van der Waals surface area contributed by atoms with E-state index in [0.29, 0.717) is 17.1 Å². The van der Waals surface area contributed by atoms with E-state index in [1.54, 1.807) is 31.2 Å². The zero-order chi connectivity index (χ0) is 19.4. The van der Waals surface area contributed by atoms with E-state index in [0.717, 1.165) is 24.3 Å². The van der Waals surface area contributed by atoms with Crippen LogP contribution in [0.15, 0.2) is 48.2 Å². The number of allylic oxidation sites excluding steroid dienone is 1. The fourth-order valence-corrected chi connectivity index (χ4v) is 2.96. The van der Waals surface area contributed by atoms with Crippen molar-refractivity contribution in [3.63, 3.8) is 0 Å². The molecule has 140 valence electrons. The van der Waals surface area contributed by atoms with Crippen LogP contribution in [0, 0.1) is 0 Å². The van der Waals surface area contributed by atoms with Crippen LogP contribution in [-0.4, -0.2) is 24.8 Å². The summed E-state index contributed by atoms with van der Waals surface area (Å²) in [5, 5.41) is 0. The Morgan fingerprint density at radius 2 is 1.78 bits per heavy atom. The zero-order valence-corrected chi connectivity index (χ0v) is 15.8. The maximum Gasteiger partial charge on any atom is 0.310 e. The number of rotatable bonds is 6. The van der Waals surface area contributed by atoms with Gasteiger partial charge in [-0.15, -0.1) is 0 Å². The van der Waals surface area contributed by atoms with Gasteiger partial charge in [-0.3, -0.25) is 9.59 Å². The van der Waals surface area contributed by atoms with E-state index < -0.39 is 0 Å². The Balaban J connectivity index is 1.79. The van der Waals surface area contributed by atoms with E-state index in [2.05, 4.69) is 18.7 Å². The lowest BCUT2D eigenvalue weighted by Gasteiger charge is -2.20. The van der Waals surface area contributed by atoms with E-state index in [1.165, 1.54) is 0 Å². The number of nitrogens with zero attached hydrogens (tertiary/aromatic N) is 1. The van der Waals surface area contributed by atoms with Crippen LogP contribution < -0.4 is 14.4 Å². The quantitative estimate of drug-likeness (QED) is 0.430. The first kappa shape index (κ1) is 18.7. The number of ketones is 1. The number of carbonyl (C=O) groups is 2. The molecule has 5 heteroatoms. The van der Waals surface area contributed by atoms with Crippen molar-refractivity contribution in [2.24, 2.45) is 0 Å². The molecule has 0 aliphatic carbocycles. The fourth-order valence-electron chi connectivity index (χ4n) is 2.96. The molecule has 0 saturated carbocycles. The Morgan fingerprint density at radius 1 is 1.07 bits per heavy atom. The third-order valence-electron chi connectivity index (χ3n) is 4.48. The molecule has 2 aromatic carbocycles. The van der Waals surface area contributed by atoms with Crippen LogP contribution in [0.5, 0.6) is 11.5 Å². The molecule has 1 heterocycles. The average Bonchev–Trinajstić information content (AvgIpc) is 2.99. The van der Waals surface area contributed by atoms with Gasteiger partial charge in [0.1, 0.15) is 11.5 Å². The van der Waals surface area contributed by atoms with Crippen molar-refractivity contribution in [1.82, 2.24) is 0 Å². The van der Waals surface area contributed by atoms with Crippen LogP contribution in [-0.2, 0) is 4.79 Å². The third-order valence-corrected chi connectivity index (χ3v) is 4.48. The van der Waals surface area contributed by atoms with Crippen molar-refractivity contribution in [3.05, 3.63) is 59.4 Å². The Bertz CT molecular complexity index is 880. The van der Waals surface area contributed by atoms with E-state index in [9.17, 15) is 9.59 Å². The summed E-state index contributed by atoms with van der Waals surface area (Å²) in [5.74, 6) is 0.541. The fraction of sp³-hybridized carbons (Fsp3) is 0.273. The number of esters is 1. The molecule has 0 N–H and O–H groups in total. The van der Waals surface area contributed by atoms with Crippen molar-refractivity contribution in [2.45, 2.75) is 27.2 Å². The Labute approximate surface area is 159 Å². The molecule has 0 atom stereocenters. The first-order chi connectivity index (χ1) is 13.0. The zero-order valence-electron chi connectivity index (χ0n) is 15.8. The SMILES string of the molecule is CCC(=O)Oc1ccc2c(c1)O/C(=C\c1ccc(N(CC)CC)cc1)C2=O. The molecule has 0 aromatic heterocycles. The summed E-state index contributed by atoms with van der Waals surface area (Å²) in [5.41, 5.74) is 2.50. The second-order valence-electron chi connectivity index (χ2n) is 6.19. The van der Waals surface area contributed by atoms with Gasteiger partial charge in [0.2, 0.25) is 5.78 Å². The van der Waals surface area contributed by atoms with Crippen LogP contribution in [0.25, 0.3) is 6.08 Å². The molecule has 0 bridgehead atoms. The predicted octanol–water partition coefficient (Wildman–Crippen LogP) is 4.46. The molecule has 0 spiro atoms. The normalized spacial score (nSPS) is 14.0. The minimum absolute atomic E-state index is 0.175. The van der Waals surface area contributed by atoms with Crippen LogP contribution in [0.2, 0.25) is 0 Å². The lowest BCUT2D eigenvalue weighted by Crippen LogP contribution is -2.21. The van der Waals surface area contributed by atoms with Crippen molar-refractivity contribution in [2.75, 3.05) is 18.0 Å². The number of carbonyl (C=O) groups excluding carboxylic acids is 2.